The van der Waals surface area contributed by atoms with Gasteiger partial charge in [0, 0.05) is 11.8 Å². The number of aryl methyl sites for hydroxylation is 2. The molecular formula is C26H23F6N6O3P. The van der Waals surface area contributed by atoms with E-state index in [4.69, 9.17) is 0 Å². The van der Waals surface area contributed by atoms with Gasteiger partial charge in [-0.15, -0.1) is 0 Å². The number of benzene rings is 2. The van der Waals surface area contributed by atoms with Crippen molar-refractivity contribution in [2.45, 2.75) is 39.3 Å². The number of rotatable bonds is 10. The quantitative estimate of drug-likeness (QED) is 0.179. The number of amides is 1. The van der Waals surface area contributed by atoms with Crippen LogP contribution in [0.1, 0.15) is 34.2 Å². The summed E-state index contributed by atoms with van der Waals surface area (Å²) in [5.41, 5.74) is 2.87. The number of hydrogen-bond acceptors (Lipinski definition) is 6. The van der Waals surface area contributed by atoms with E-state index in [1.54, 1.807) is 35.8 Å². The second-order valence-electron chi connectivity index (χ2n) is 8.98. The minimum absolute atomic E-state index is 0.00752. The van der Waals surface area contributed by atoms with Gasteiger partial charge < -0.3 is 13.6 Å². The normalized spacial score (nSPS) is 12.2. The molecule has 2 aromatic heterocycles. The molecule has 0 radical (unpaired) electrons. The van der Waals surface area contributed by atoms with Crippen LogP contribution in [-0.2, 0) is 22.1 Å². The van der Waals surface area contributed by atoms with Crippen molar-refractivity contribution < 1.29 is 40.2 Å². The van der Waals surface area contributed by atoms with Gasteiger partial charge in [-0.3, -0.25) is 14.8 Å². The lowest BCUT2D eigenvalue weighted by molar-refractivity contribution is -0.161. The number of nitrogens with zero attached hydrogens (tertiary/aromatic N) is 5. The lowest BCUT2D eigenvalue weighted by Gasteiger charge is -2.20. The molecule has 0 unspecified atom stereocenters. The predicted octanol–water partition coefficient (Wildman–Crippen LogP) is 5.83. The molecule has 0 bridgehead atoms. The van der Waals surface area contributed by atoms with Gasteiger partial charge in [0.15, 0.2) is 0 Å². The summed E-state index contributed by atoms with van der Waals surface area (Å²) in [6, 6.07) is 14.1. The summed E-state index contributed by atoms with van der Waals surface area (Å²) in [5.74, 6) is -0.320. The van der Waals surface area contributed by atoms with Crippen LogP contribution in [0.2, 0.25) is 0 Å². The average molecular weight is 612 g/mol. The predicted molar refractivity (Wildman–Crippen MR) is 141 cm³/mol. The molecule has 222 valence electrons. The van der Waals surface area contributed by atoms with E-state index in [1.165, 1.54) is 28.9 Å². The molecule has 0 fully saturated rings. The van der Waals surface area contributed by atoms with Crippen molar-refractivity contribution >= 4 is 36.6 Å². The van der Waals surface area contributed by atoms with Gasteiger partial charge in [-0.1, -0.05) is 12.1 Å². The SMILES string of the molecule is CCn1nc(C)cc1C(=O)Nc1nc2cc(C#N)ccc2n1Cc1ccc(P(OCC(F)(F)F)OCC(F)(F)F)cc1. The zero-order valence-corrected chi connectivity index (χ0v) is 23.0. The summed E-state index contributed by atoms with van der Waals surface area (Å²) in [6.45, 7) is 0.591. The number of nitriles is 1. The van der Waals surface area contributed by atoms with Crippen molar-refractivity contribution in [3.63, 3.8) is 0 Å². The zero-order valence-electron chi connectivity index (χ0n) is 22.1. The topological polar surface area (TPSA) is 107 Å². The van der Waals surface area contributed by atoms with Crippen LogP contribution >= 0.6 is 8.38 Å². The maximum absolute atomic E-state index is 13.1. The molecule has 9 nitrogen and oxygen atoms in total. The molecule has 0 atom stereocenters. The number of alkyl halides is 6. The maximum atomic E-state index is 13.1. The van der Waals surface area contributed by atoms with Crippen LogP contribution in [0.25, 0.3) is 11.0 Å². The Morgan fingerprint density at radius 3 is 2.24 bits per heavy atom. The molecule has 42 heavy (non-hydrogen) atoms. The van der Waals surface area contributed by atoms with E-state index in [0.717, 1.165) is 0 Å². The van der Waals surface area contributed by atoms with Crippen LogP contribution in [0.4, 0.5) is 32.3 Å². The molecule has 4 rings (SSSR count). The van der Waals surface area contributed by atoms with E-state index in [9.17, 15) is 36.4 Å². The van der Waals surface area contributed by atoms with Crippen molar-refractivity contribution in [3.8, 4) is 6.07 Å². The largest absolute Gasteiger partial charge is 0.412 e. The summed E-state index contributed by atoms with van der Waals surface area (Å²) in [7, 11) is -2.68. The minimum Gasteiger partial charge on any atom is -0.321 e. The highest BCUT2D eigenvalue weighted by atomic mass is 31.2. The number of hydrogen-bond donors (Lipinski definition) is 1. The van der Waals surface area contributed by atoms with E-state index in [-0.39, 0.29) is 17.8 Å². The highest BCUT2D eigenvalue weighted by Crippen LogP contribution is 2.40. The lowest BCUT2D eigenvalue weighted by atomic mass is 10.2. The Balaban J connectivity index is 1.63. The molecular weight excluding hydrogens is 589 g/mol. The number of fused-ring (bicyclic) bond motifs is 1. The van der Waals surface area contributed by atoms with Crippen LogP contribution in [-0.4, -0.2) is 50.8 Å². The molecule has 0 saturated carbocycles. The highest BCUT2D eigenvalue weighted by molar-refractivity contribution is 7.56. The second-order valence-corrected chi connectivity index (χ2v) is 10.5. The third-order valence-corrected chi connectivity index (χ3v) is 7.16. The van der Waals surface area contributed by atoms with Crippen molar-refractivity contribution in [2.24, 2.45) is 0 Å². The standard InChI is InChI=1S/C26H23F6N6O3P/c1-3-38-22(10-16(2)36-38)23(39)35-24-34-20-11-18(12-33)6-9-21(20)37(24)13-17-4-7-19(8-5-17)42(40-14-25(27,28)29)41-15-26(30,31)32/h4-11H,3,13-15H2,1-2H3,(H,34,35,39). The van der Waals surface area contributed by atoms with Crippen molar-refractivity contribution in [3.05, 3.63) is 71.0 Å². The fraction of sp³-hybridized carbons (Fsp3) is 0.308. The highest BCUT2D eigenvalue weighted by Gasteiger charge is 2.34. The van der Waals surface area contributed by atoms with Crippen LogP contribution in [0.3, 0.4) is 0 Å². The Bertz CT molecular complexity index is 1590. The number of aromatic nitrogens is 4. The maximum Gasteiger partial charge on any atom is 0.412 e. The van der Waals surface area contributed by atoms with Gasteiger partial charge in [-0.2, -0.15) is 36.7 Å². The van der Waals surface area contributed by atoms with Gasteiger partial charge in [0.1, 0.15) is 18.9 Å². The van der Waals surface area contributed by atoms with Crippen molar-refractivity contribution in [1.82, 2.24) is 19.3 Å². The second kappa shape index (κ2) is 12.5. The fourth-order valence-electron chi connectivity index (χ4n) is 3.95. The molecule has 1 N–H and O–H groups in total. The summed E-state index contributed by atoms with van der Waals surface area (Å²) >= 11 is 0. The van der Waals surface area contributed by atoms with Crippen molar-refractivity contribution in [1.29, 1.82) is 5.26 Å². The summed E-state index contributed by atoms with van der Waals surface area (Å²) < 4.78 is 88.6. The zero-order chi connectivity index (χ0) is 30.7. The number of carbonyl (C=O) groups is 1. The third kappa shape index (κ3) is 7.84. The van der Waals surface area contributed by atoms with Gasteiger partial charge in [-0.05, 0) is 55.8 Å². The summed E-state index contributed by atoms with van der Waals surface area (Å²) in [5, 5.41) is 16.3. The molecule has 0 saturated heterocycles. The smallest absolute Gasteiger partial charge is 0.321 e. The van der Waals surface area contributed by atoms with Crippen molar-refractivity contribution in [2.75, 3.05) is 18.5 Å². The number of anilines is 1. The molecule has 0 spiro atoms. The Labute approximate surface area is 236 Å². The Kier molecular flexibility index (Phi) is 9.20. The first-order valence-electron chi connectivity index (χ1n) is 12.3. The summed E-state index contributed by atoms with van der Waals surface area (Å²) in [4.78, 5) is 17.6. The van der Waals surface area contributed by atoms with Gasteiger partial charge in [0.25, 0.3) is 5.91 Å². The lowest BCUT2D eigenvalue weighted by Crippen LogP contribution is -2.21. The van der Waals surface area contributed by atoms with E-state index >= 15 is 0 Å². The molecule has 2 heterocycles. The minimum atomic E-state index is -4.76. The molecule has 16 heteroatoms. The van der Waals surface area contributed by atoms with Gasteiger partial charge in [0.2, 0.25) is 14.3 Å². The van der Waals surface area contributed by atoms with Gasteiger partial charge in [0.05, 0.1) is 34.9 Å². The van der Waals surface area contributed by atoms with Gasteiger partial charge in [-0.25, -0.2) is 4.98 Å². The number of carbonyl (C=O) groups excluding carboxylic acids is 1. The number of imidazole rings is 1. The van der Waals surface area contributed by atoms with Crippen LogP contribution in [0.5, 0.6) is 0 Å². The Hall–Kier alpha value is -3.99. The Morgan fingerprint density at radius 2 is 1.67 bits per heavy atom. The van der Waals surface area contributed by atoms with E-state index in [0.29, 0.717) is 40.1 Å². The van der Waals surface area contributed by atoms with Crippen LogP contribution in [0.15, 0.2) is 48.5 Å². The fourth-order valence-corrected chi connectivity index (χ4v) is 5.24. The molecule has 0 aliphatic heterocycles. The number of halogens is 6. The Morgan fingerprint density at radius 1 is 1.02 bits per heavy atom. The first kappa shape index (κ1) is 31.0. The van der Waals surface area contributed by atoms with Crippen LogP contribution in [0, 0.1) is 18.3 Å². The monoisotopic (exact) mass is 612 g/mol. The van der Waals surface area contributed by atoms with Crippen LogP contribution < -0.4 is 10.6 Å². The first-order valence-corrected chi connectivity index (χ1v) is 13.5. The molecule has 0 aliphatic rings. The average Bonchev–Trinajstić information content (AvgIpc) is 3.47. The van der Waals surface area contributed by atoms with E-state index in [2.05, 4.69) is 24.4 Å². The molecule has 2 aromatic carbocycles. The first-order chi connectivity index (χ1) is 19.8. The molecule has 4 aromatic rings. The number of nitrogens with one attached hydrogen (secondary N) is 1. The van der Waals surface area contributed by atoms with E-state index in [1.807, 2.05) is 13.0 Å². The van der Waals surface area contributed by atoms with E-state index < -0.39 is 39.8 Å². The summed E-state index contributed by atoms with van der Waals surface area (Å²) in [6.07, 6.45) is -9.52. The third-order valence-electron chi connectivity index (χ3n) is 5.72. The van der Waals surface area contributed by atoms with Gasteiger partial charge >= 0.3 is 12.4 Å². The molecule has 0 aliphatic carbocycles. The molecule has 1 amide bonds.